The molecule has 0 bridgehead atoms. The van der Waals surface area contributed by atoms with E-state index in [-0.39, 0.29) is 18.1 Å². The predicted octanol–water partition coefficient (Wildman–Crippen LogP) is 1.82. The summed E-state index contributed by atoms with van der Waals surface area (Å²) in [6.07, 6.45) is 2.17. The van der Waals surface area contributed by atoms with Crippen molar-refractivity contribution >= 4 is 5.91 Å². The van der Waals surface area contributed by atoms with Crippen LogP contribution in [-0.2, 0) is 4.74 Å². The van der Waals surface area contributed by atoms with Gasteiger partial charge in [-0.05, 0) is 18.2 Å². The number of nitrogens with one attached hydrogen (secondary N) is 1. The molecule has 7 heteroatoms. The van der Waals surface area contributed by atoms with Gasteiger partial charge in [-0.1, -0.05) is 12.1 Å². The summed E-state index contributed by atoms with van der Waals surface area (Å²) in [6.45, 7) is 2.04. The van der Waals surface area contributed by atoms with Crippen molar-refractivity contribution in [2.45, 2.75) is 18.6 Å². The molecule has 2 atom stereocenters. The maximum absolute atomic E-state index is 12.3. The van der Waals surface area contributed by atoms with Crippen LogP contribution in [0.15, 0.2) is 42.6 Å². The molecule has 2 aliphatic heterocycles. The van der Waals surface area contributed by atoms with Crippen molar-refractivity contribution in [3.8, 4) is 17.4 Å². The molecule has 1 aromatic heterocycles. The number of aromatic nitrogens is 1. The van der Waals surface area contributed by atoms with Crippen LogP contribution in [0.3, 0.4) is 0 Å². The molecule has 2 aliphatic rings. The van der Waals surface area contributed by atoms with Crippen LogP contribution in [0.25, 0.3) is 0 Å². The van der Waals surface area contributed by atoms with E-state index in [1.54, 1.807) is 12.1 Å². The molecule has 0 radical (unpaired) electrons. The minimum absolute atomic E-state index is 0.0357. The Hall–Kier alpha value is -2.80. The van der Waals surface area contributed by atoms with Gasteiger partial charge in [0.15, 0.2) is 11.5 Å². The molecule has 1 amide bonds. The minimum atomic E-state index is -0.230. The van der Waals surface area contributed by atoms with Crippen LogP contribution in [0, 0.1) is 0 Å². The Bertz CT molecular complexity index is 759. The lowest BCUT2D eigenvalue weighted by atomic mass is 10.2. The topological polar surface area (TPSA) is 78.9 Å². The van der Waals surface area contributed by atoms with Crippen LogP contribution in [0.5, 0.6) is 17.4 Å². The van der Waals surface area contributed by atoms with E-state index in [1.807, 2.05) is 24.3 Å². The minimum Gasteiger partial charge on any atom is -0.486 e. The zero-order valence-corrected chi connectivity index (χ0v) is 14.2. The summed E-state index contributed by atoms with van der Waals surface area (Å²) in [5, 5.41) is 2.85. The number of hydrogen-bond acceptors (Lipinski definition) is 6. The number of amides is 1. The normalized spacial score (nSPS) is 21.2. The van der Waals surface area contributed by atoms with Gasteiger partial charge < -0.3 is 24.3 Å². The van der Waals surface area contributed by atoms with Crippen LogP contribution in [0.1, 0.15) is 16.8 Å². The molecule has 0 spiro atoms. The molecular weight excluding hydrogens is 336 g/mol. The van der Waals surface area contributed by atoms with E-state index in [1.165, 1.54) is 6.20 Å². The first-order valence-corrected chi connectivity index (χ1v) is 8.65. The van der Waals surface area contributed by atoms with Crippen LogP contribution < -0.4 is 19.5 Å². The average Bonchev–Trinajstić information content (AvgIpc) is 3.19. The zero-order chi connectivity index (χ0) is 17.8. The molecule has 2 unspecified atom stereocenters. The fourth-order valence-corrected chi connectivity index (χ4v) is 2.83. The average molecular weight is 356 g/mol. The molecule has 26 heavy (non-hydrogen) atoms. The number of carbonyl (C=O) groups excluding carboxylic acids is 1. The molecule has 7 nitrogen and oxygen atoms in total. The molecule has 4 rings (SSSR count). The first kappa shape index (κ1) is 16.7. The highest BCUT2D eigenvalue weighted by Crippen LogP contribution is 2.30. The Morgan fingerprint density at radius 2 is 2.08 bits per heavy atom. The monoisotopic (exact) mass is 356 g/mol. The van der Waals surface area contributed by atoms with Crippen molar-refractivity contribution in [1.29, 1.82) is 0 Å². The summed E-state index contributed by atoms with van der Waals surface area (Å²) >= 11 is 0. The summed E-state index contributed by atoms with van der Waals surface area (Å²) in [5.41, 5.74) is 0.470. The van der Waals surface area contributed by atoms with Gasteiger partial charge in [-0.25, -0.2) is 4.98 Å². The molecule has 136 valence electrons. The first-order valence-electron chi connectivity index (χ1n) is 8.65. The van der Waals surface area contributed by atoms with Gasteiger partial charge in [-0.2, -0.15) is 0 Å². The molecule has 1 N–H and O–H groups in total. The molecular formula is C19H20N2O5. The third kappa shape index (κ3) is 3.88. The number of para-hydroxylation sites is 2. The molecule has 1 aromatic carbocycles. The molecule has 0 aliphatic carbocycles. The van der Waals surface area contributed by atoms with Gasteiger partial charge in [0.1, 0.15) is 18.8 Å². The zero-order valence-electron chi connectivity index (χ0n) is 14.2. The second-order valence-electron chi connectivity index (χ2n) is 6.20. The van der Waals surface area contributed by atoms with Crippen LogP contribution >= 0.6 is 0 Å². The number of nitrogens with zero attached hydrogens (tertiary/aromatic N) is 1. The number of ether oxygens (including phenoxy) is 4. The summed E-state index contributed by atoms with van der Waals surface area (Å²) < 4.78 is 22.4. The van der Waals surface area contributed by atoms with Crippen molar-refractivity contribution < 1.29 is 23.7 Å². The van der Waals surface area contributed by atoms with E-state index in [2.05, 4.69) is 10.3 Å². The second-order valence-corrected chi connectivity index (χ2v) is 6.20. The SMILES string of the molecule is O=C(NCC1COc2ccccc2O1)c1ccc(OC2CCOC2)nc1. The summed E-state index contributed by atoms with van der Waals surface area (Å²) in [5.74, 6) is 1.70. The number of carbonyl (C=O) groups is 1. The summed E-state index contributed by atoms with van der Waals surface area (Å²) in [4.78, 5) is 16.5. The molecule has 2 aromatic rings. The highest BCUT2D eigenvalue weighted by Gasteiger charge is 2.21. The van der Waals surface area contributed by atoms with Gasteiger partial charge >= 0.3 is 0 Å². The van der Waals surface area contributed by atoms with Crippen molar-refractivity contribution in [3.63, 3.8) is 0 Å². The molecule has 1 fully saturated rings. The van der Waals surface area contributed by atoms with E-state index >= 15 is 0 Å². The standard InChI is InChI=1S/C19H20N2O5/c22-19(13-5-6-18(20-9-13)26-14-7-8-23-11-14)21-10-15-12-24-16-3-1-2-4-17(16)25-15/h1-6,9,14-15H,7-8,10-12H2,(H,21,22). The highest BCUT2D eigenvalue weighted by atomic mass is 16.6. The Morgan fingerprint density at radius 3 is 2.85 bits per heavy atom. The van der Waals surface area contributed by atoms with Crippen molar-refractivity contribution in [2.24, 2.45) is 0 Å². The second kappa shape index (κ2) is 7.61. The lowest BCUT2D eigenvalue weighted by Gasteiger charge is -2.26. The van der Waals surface area contributed by atoms with Gasteiger partial charge in [0.05, 0.1) is 25.3 Å². The Balaban J connectivity index is 1.28. The summed E-state index contributed by atoms with van der Waals surface area (Å²) in [7, 11) is 0. The third-order valence-electron chi connectivity index (χ3n) is 4.23. The predicted molar refractivity (Wildman–Crippen MR) is 92.8 cm³/mol. The van der Waals surface area contributed by atoms with Gasteiger partial charge in [0, 0.05) is 18.7 Å². The third-order valence-corrected chi connectivity index (χ3v) is 4.23. The number of pyridine rings is 1. The van der Waals surface area contributed by atoms with E-state index in [0.717, 1.165) is 12.2 Å². The number of fused-ring (bicyclic) bond motifs is 1. The van der Waals surface area contributed by atoms with Gasteiger partial charge in [-0.3, -0.25) is 4.79 Å². The lowest BCUT2D eigenvalue weighted by molar-refractivity contribution is 0.0789. The number of benzene rings is 1. The number of hydrogen-bond donors (Lipinski definition) is 1. The fourth-order valence-electron chi connectivity index (χ4n) is 2.83. The largest absolute Gasteiger partial charge is 0.486 e. The van der Waals surface area contributed by atoms with Crippen LogP contribution in [0.4, 0.5) is 0 Å². The van der Waals surface area contributed by atoms with Gasteiger partial charge in [0.2, 0.25) is 5.88 Å². The van der Waals surface area contributed by atoms with Gasteiger partial charge in [-0.15, -0.1) is 0 Å². The Kier molecular flexibility index (Phi) is 4.88. The van der Waals surface area contributed by atoms with Crippen molar-refractivity contribution in [1.82, 2.24) is 10.3 Å². The fraction of sp³-hybridized carbons (Fsp3) is 0.368. The quantitative estimate of drug-likeness (QED) is 0.880. The number of rotatable bonds is 5. The lowest BCUT2D eigenvalue weighted by Crippen LogP contribution is -2.40. The van der Waals surface area contributed by atoms with E-state index in [0.29, 0.717) is 43.6 Å². The Labute approximate surface area is 151 Å². The van der Waals surface area contributed by atoms with Crippen molar-refractivity contribution in [3.05, 3.63) is 48.2 Å². The summed E-state index contributed by atoms with van der Waals surface area (Å²) in [6, 6.07) is 10.9. The van der Waals surface area contributed by atoms with Gasteiger partial charge in [0.25, 0.3) is 5.91 Å². The maximum Gasteiger partial charge on any atom is 0.252 e. The van der Waals surface area contributed by atoms with E-state index < -0.39 is 0 Å². The highest BCUT2D eigenvalue weighted by molar-refractivity contribution is 5.93. The maximum atomic E-state index is 12.3. The molecule has 0 saturated carbocycles. The van der Waals surface area contributed by atoms with Crippen LogP contribution in [-0.4, -0.2) is 49.5 Å². The van der Waals surface area contributed by atoms with Crippen LogP contribution in [0.2, 0.25) is 0 Å². The molecule has 3 heterocycles. The van der Waals surface area contributed by atoms with E-state index in [4.69, 9.17) is 18.9 Å². The Morgan fingerprint density at radius 1 is 1.19 bits per heavy atom. The molecule has 1 saturated heterocycles. The smallest absolute Gasteiger partial charge is 0.252 e. The van der Waals surface area contributed by atoms with Crippen molar-refractivity contribution in [2.75, 3.05) is 26.4 Å². The van der Waals surface area contributed by atoms with E-state index in [9.17, 15) is 4.79 Å². The first-order chi connectivity index (χ1) is 12.8.